The Hall–Kier alpha value is -5.85. The quantitative estimate of drug-likeness (QED) is 0.0137. The molecule has 20 nitrogen and oxygen atoms in total. The minimum atomic E-state index is -1.23. The average molecular weight is 1620 g/mol. The van der Waals surface area contributed by atoms with Crippen LogP contribution < -0.4 is 21.5 Å². The third-order valence-electron chi connectivity index (χ3n) is 14.1. The molecule has 32 heteroatoms. The highest BCUT2D eigenvalue weighted by atomic mass is 33.1. The molecule has 0 unspecified atom stereocenters. The summed E-state index contributed by atoms with van der Waals surface area (Å²) in [7, 11) is 24.5. The lowest BCUT2D eigenvalue weighted by Gasteiger charge is -2.27. The van der Waals surface area contributed by atoms with Crippen LogP contribution in [0.15, 0.2) is 188 Å². The van der Waals surface area contributed by atoms with E-state index < -0.39 is 17.7 Å². The molecule has 2 amide bonds. The number of amides is 2. The number of nitrogens with two attached hydrogens (primary N) is 1. The standard InChI is InChI=1S/C17H14O4S2.C12H15N3O3S2.C12H15NO2S2.C11H12O2S2.C10H10O2S2.C9H9NO2S2/c18-15(13-7-3-1-4-8-13)20-17(11-22-23-12-17)21-16(19)14-9-5-2-6-10-14;13-15-12(17)8-1-3-9(4-2-8)14-11(16)5-18-10-6-19-20-7-10;1-13(2)10-5-3-9(4-6-10)12(14)15-11-7-16-17-8-11;1-8-2-4-9(5-3-8)11(12)13-10-6-14-15-7-10;11-10(8-4-2-1-3-5-8)12-9-6-13-14-7-9;11-9(7-1-3-10-4-2-7)12-8-5-13-14-6-8/h1-10H,11-12H2;1-4,10H,5-7,13H2,(H,14,16)(H,15,17);3-6,11H,7-8H2,1-2H3;2-5,10H,6-7H2,1H3;1-5,9H,6-7H2;1-4,8H,5-6H2. The Balaban J connectivity index is 0.000000158. The maximum Gasteiger partial charge on any atom is 0.341 e. The van der Waals surface area contributed by atoms with Crippen LogP contribution in [-0.2, 0) is 38.0 Å². The van der Waals surface area contributed by atoms with Gasteiger partial charge in [0.05, 0.1) is 51.0 Å². The van der Waals surface area contributed by atoms with Gasteiger partial charge in [-0.15, -0.1) is 0 Å². The van der Waals surface area contributed by atoms with E-state index in [0.29, 0.717) is 56.1 Å². The monoisotopic (exact) mass is 1620 g/mol. The third-order valence-corrected chi connectivity index (χ3v) is 29.1. The van der Waals surface area contributed by atoms with Crippen molar-refractivity contribution in [2.24, 2.45) is 5.84 Å². The molecule has 6 fully saturated rings. The predicted molar refractivity (Wildman–Crippen MR) is 432 cm³/mol. The molecule has 6 saturated heterocycles. The summed E-state index contributed by atoms with van der Waals surface area (Å²) in [5, 5.41) is 2.71. The van der Waals surface area contributed by atoms with E-state index >= 15 is 0 Å². The molecule has 1 aromatic heterocycles. The molecule has 0 atom stereocenters. The number of hydrazine groups is 1. The van der Waals surface area contributed by atoms with Crippen LogP contribution in [0.4, 0.5) is 11.4 Å². The number of pyridine rings is 1. The Bertz CT molecular complexity index is 3640. The van der Waals surface area contributed by atoms with Crippen LogP contribution in [0, 0.1) is 6.92 Å². The molecule has 4 N–H and O–H groups in total. The van der Waals surface area contributed by atoms with Crippen LogP contribution >= 0.6 is 130 Å². The van der Waals surface area contributed by atoms with E-state index in [9.17, 15) is 38.4 Å². The van der Waals surface area contributed by atoms with Crippen molar-refractivity contribution in [3.05, 3.63) is 233 Å². The van der Waals surface area contributed by atoms with Gasteiger partial charge in [-0.25, -0.2) is 34.6 Å². The zero-order valence-corrected chi connectivity index (χ0v) is 65.8. The van der Waals surface area contributed by atoms with Gasteiger partial charge in [-0.2, -0.15) is 0 Å². The van der Waals surface area contributed by atoms with E-state index in [4.69, 9.17) is 39.0 Å². The number of benzene rings is 6. The van der Waals surface area contributed by atoms with Gasteiger partial charge in [0.15, 0.2) is 0 Å². The molecule has 0 saturated carbocycles. The van der Waals surface area contributed by atoms with E-state index in [1.807, 2.05) is 110 Å². The summed E-state index contributed by atoms with van der Waals surface area (Å²) in [4.78, 5) is 100.0. The first-order valence-electron chi connectivity index (χ1n) is 31.7. The molecular weight excluding hydrogens is 1550 g/mol. The van der Waals surface area contributed by atoms with E-state index in [2.05, 4.69) is 10.3 Å². The number of nitrogens with zero attached hydrogens (tertiary/aromatic N) is 2. The molecule has 6 aliphatic heterocycles. The highest BCUT2D eigenvalue weighted by molar-refractivity contribution is 8.78. The van der Waals surface area contributed by atoms with Gasteiger partial charge in [-0.1, -0.05) is 202 Å². The minimum absolute atomic E-state index is 0.0385. The number of rotatable bonds is 18. The average Bonchev–Trinajstić information content (AvgIpc) is 1.73. The lowest BCUT2D eigenvalue weighted by Crippen LogP contribution is -2.42. The number of nitrogen functional groups attached to an aromatic ring is 1. The van der Waals surface area contributed by atoms with Gasteiger partial charge in [-0.05, 0) is 116 Å². The number of hydrogen-bond acceptors (Lipinski definition) is 30. The molecule has 6 aromatic carbocycles. The van der Waals surface area contributed by atoms with Crippen LogP contribution in [0.25, 0.3) is 0 Å². The van der Waals surface area contributed by atoms with Gasteiger partial charge in [0.1, 0.15) is 31.0 Å². The van der Waals surface area contributed by atoms with E-state index in [1.165, 1.54) is 21.6 Å². The largest absolute Gasteiger partial charge is 0.457 e. The Morgan fingerprint density at radius 2 is 0.728 bits per heavy atom. The van der Waals surface area contributed by atoms with Crippen molar-refractivity contribution >= 4 is 189 Å². The molecule has 0 bridgehead atoms. The number of aryl methyl sites for hydroxylation is 1. The SMILES string of the molecule is CN(C)c1ccc(C(=O)OC2CSSC2)cc1.Cc1ccc(C(=O)OC2CSSC2)cc1.NNC(=O)c1ccc(NC(=O)COC2CSSC2)cc1.O=C(OC1(OC(=O)c2ccccc2)CSSC1)c1ccccc1.O=C(OC1CSSC1)c1ccccc1.O=C(OC1CSSC1)c1ccncc1. The first kappa shape index (κ1) is 82.8. The molecule has 546 valence electrons. The van der Waals surface area contributed by atoms with E-state index in [0.717, 1.165) is 68.8 Å². The summed E-state index contributed by atoms with van der Waals surface area (Å²) in [6.45, 7) is 2.04. The minimum Gasteiger partial charge on any atom is -0.457 e. The Morgan fingerprint density at radius 3 is 1.09 bits per heavy atom. The van der Waals surface area contributed by atoms with Crippen LogP contribution in [0.5, 0.6) is 0 Å². The summed E-state index contributed by atoms with van der Waals surface area (Å²) in [5.74, 6) is 11.2. The second kappa shape index (κ2) is 45.6. The highest BCUT2D eigenvalue weighted by Gasteiger charge is 2.44. The molecule has 6 aliphatic rings. The van der Waals surface area contributed by atoms with Crippen LogP contribution in [0.1, 0.15) is 78.1 Å². The van der Waals surface area contributed by atoms with Gasteiger partial charge >= 0.3 is 35.8 Å². The number of carbonyl (C=O) groups is 8. The summed E-state index contributed by atoms with van der Waals surface area (Å²) >= 11 is 0. The summed E-state index contributed by atoms with van der Waals surface area (Å²) in [5.41, 5.74) is 8.66. The fourth-order valence-electron chi connectivity index (χ4n) is 8.60. The molecule has 7 heterocycles. The van der Waals surface area contributed by atoms with Crippen molar-refractivity contribution in [2.75, 3.05) is 100.0 Å². The van der Waals surface area contributed by atoms with Gasteiger partial charge < -0.3 is 43.4 Å². The van der Waals surface area contributed by atoms with Crippen LogP contribution in [-0.4, -0.2) is 179 Å². The van der Waals surface area contributed by atoms with Crippen molar-refractivity contribution in [3.8, 4) is 0 Å². The van der Waals surface area contributed by atoms with E-state index in [1.54, 1.807) is 217 Å². The lowest BCUT2D eigenvalue weighted by molar-refractivity contribution is -0.135. The molecule has 0 aliphatic carbocycles. The Labute approximate surface area is 646 Å². The van der Waals surface area contributed by atoms with Crippen molar-refractivity contribution in [2.45, 2.75) is 43.2 Å². The molecule has 13 rings (SSSR count). The number of carbonyl (C=O) groups excluding carboxylic acids is 8. The molecule has 7 aromatic rings. The van der Waals surface area contributed by atoms with Crippen molar-refractivity contribution in [1.29, 1.82) is 0 Å². The number of aromatic nitrogens is 1. The summed E-state index contributed by atoms with van der Waals surface area (Å²) < 4.78 is 38.0. The maximum atomic E-state index is 12.3. The molecule has 103 heavy (non-hydrogen) atoms. The zero-order chi connectivity index (χ0) is 73.0. The number of esters is 6. The molecule has 0 radical (unpaired) electrons. The van der Waals surface area contributed by atoms with Crippen LogP contribution in [0.2, 0.25) is 0 Å². The van der Waals surface area contributed by atoms with Crippen molar-refractivity contribution in [3.63, 3.8) is 0 Å². The van der Waals surface area contributed by atoms with Gasteiger partial charge in [0.25, 0.3) is 11.7 Å². The fourth-order valence-corrected chi connectivity index (χ4v) is 23.9. The smallest absolute Gasteiger partial charge is 0.341 e. The third kappa shape index (κ3) is 29.8. The highest BCUT2D eigenvalue weighted by Crippen LogP contribution is 2.42. The number of nitrogens with one attached hydrogen (secondary N) is 2. The normalized spacial score (nSPS) is 16.1. The van der Waals surface area contributed by atoms with Gasteiger partial charge in [0.2, 0.25) is 5.91 Å². The second-order valence-corrected chi connectivity index (χ2v) is 37.6. The molecular formula is C71H75N5O15S12. The fraction of sp³-hybridized carbons (Fsp3) is 0.310. The van der Waals surface area contributed by atoms with Crippen molar-refractivity contribution in [1.82, 2.24) is 10.4 Å². The number of ether oxygens (including phenoxy) is 7. The zero-order valence-electron chi connectivity index (χ0n) is 56.0. The number of anilines is 2. The Morgan fingerprint density at radius 1 is 0.408 bits per heavy atom. The first-order valence-corrected chi connectivity index (χ1v) is 46.6. The van der Waals surface area contributed by atoms with Gasteiger partial charge in [-0.3, -0.25) is 20.0 Å². The van der Waals surface area contributed by atoms with Crippen molar-refractivity contribution < 1.29 is 71.5 Å². The van der Waals surface area contributed by atoms with Crippen LogP contribution in [0.3, 0.4) is 0 Å². The maximum absolute atomic E-state index is 12.3. The summed E-state index contributed by atoms with van der Waals surface area (Å²) in [6, 6.07) is 51.2. The second-order valence-electron chi connectivity index (χ2n) is 22.3. The topological polar surface area (TPSA) is 267 Å². The summed E-state index contributed by atoms with van der Waals surface area (Å²) in [6.07, 6.45) is 3.61. The predicted octanol–water partition coefficient (Wildman–Crippen LogP) is 15.0. The number of hydrogen-bond donors (Lipinski definition) is 3. The van der Waals surface area contributed by atoms with E-state index in [-0.39, 0.29) is 72.8 Å². The first-order chi connectivity index (χ1) is 50.0. The Kier molecular flexibility index (Phi) is 36.7. The lowest BCUT2D eigenvalue weighted by atomic mass is 10.1. The molecule has 0 spiro atoms. The van der Waals surface area contributed by atoms with Gasteiger partial charge in [0, 0.05) is 101 Å².